The highest BCUT2D eigenvalue weighted by Gasteiger charge is 2.21. The van der Waals surface area contributed by atoms with Gasteiger partial charge in [0.15, 0.2) is 0 Å². The SMILES string of the molecule is CC(C)N(CC(=O)O)C(=O)c1ccc(I)c(O)c1. The van der Waals surface area contributed by atoms with E-state index in [1.54, 1.807) is 26.0 Å². The van der Waals surface area contributed by atoms with Crippen LogP contribution in [0.5, 0.6) is 5.75 Å². The van der Waals surface area contributed by atoms with E-state index in [1.807, 2.05) is 22.6 Å². The van der Waals surface area contributed by atoms with Crippen LogP contribution in [0.25, 0.3) is 0 Å². The van der Waals surface area contributed by atoms with Crippen LogP contribution in [0, 0.1) is 3.57 Å². The molecule has 0 unspecified atom stereocenters. The molecule has 0 heterocycles. The monoisotopic (exact) mass is 363 g/mol. The zero-order valence-electron chi connectivity index (χ0n) is 10.1. The second kappa shape index (κ2) is 6.03. The maximum Gasteiger partial charge on any atom is 0.323 e. The zero-order chi connectivity index (χ0) is 13.9. The Labute approximate surface area is 119 Å². The van der Waals surface area contributed by atoms with Crippen LogP contribution in [0.15, 0.2) is 18.2 Å². The summed E-state index contributed by atoms with van der Waals surface area (Å²) in [4.78, 5) is 24.1. The van der Waals surface area contributed by atoms with Crippen molar-refractivity contribution in [1.29, 1.82) is 0 Å². The number of carboxylic acid groups (broad SMARTS) is 1. The predicted octanol–water partition coefficient (Wildman–Crippen LogP) is 1.93. The van der Waals surface area contributed by atoms with Crippen molar-refractivity contribution in [2.24, 2.45) is 0 Å². The molecule has 2 N–H and O–H groups in total. The fourth-order valence-corrected chi connectivity index (χ4v) is 1.78. The number of aliphatic carboxylic acids is 1. The summed E-state index contributed by atoms with van der Waals surface area (Å²) in [6.45, 7) is 3.13. The van der Waals surface area contributed by atoms with Crippen molar-refractivity contribution in [3.05, 3.63) is 27.3 Å². The molecule has 0 aromatic heterocycles. The Morgan fingerprint density at radius 1 is 1.39 bits per heavy atom. The molecule has 0 bridgehead atoms. The summed E-state index contributed by atoms with van der Waals surface area (Å²) in [7, 11) is 0. The van der Waals surface area contributed by atoms with Gasteiger partial charge in [-0.2, -0.15) is 0 Å². The number of rotatable bonds is 4. The molecule has 1 aromatic rings. The Balaban J connectivity index is 3.02. The molecule has 18 heavy (non-hydrogen) atoms. The zero-order valence-corrected chi connectivity index (χ0v) is 12.2. The third-order valence-corrected chi connectivity index (χ3v) is 3.30. The molecule has 0 radical (unpaired) electrons. The molecule has 0 saturated carbocycles. The lowest BCUT2D eigenvalue weighted by Gasteiger charge is -2.25. The molecule has 1 amide bonds. The van der Waals surface area contributed by atoms with E-state index in [-0.39, 0.29) is 23.9 Å². The first-order chi connectivity index (χ1) is 8.32. The predicted molar refractivity (Wildman–Crippen MR) is 74.6 cm³/mol. The largest absolute Gasteiger partial charge is 0.507 e. The molecule has 5 nitrogen and oxygen atoms in total. The first-order valence-electron chi connectivity index (χ1n) is 5.34. The van der Waals surface area contributed by atoms with Crippen molar-refractivity contribution >= 4 is 34.5 Å². The highest BCUT2D eigenvalue weighted by atomic mass is 127. The summed E-state index contributed by atoms with van der Waals surface area (Å²) in [6.07, 6.45) is 0. The minimum atomic E-state index is -1.06. The molecule has 1 rings (SSSR count). The minimum absolute atomic E-state index is 0.0143. The highest BCUT2D eigenvalue weighted by Crippen LogP contribution is 2.21. The van der Waals surface area contributed by atoms with Crippen molar-refractivity contribution in [3.63, 3.8) is 0 Å². The molecule has 98 valence electrons. The molecule has 0 fully saturated rings. The maximum atomic E-state index is 12.1. The van der Waals surface area contributed by atoms with Gasteiger partial charge in [0.05, 0.1) is 3.57 Å². The first kappa shape index (κ1) is 14.7. The number of carbonyl (C=O) groups is 2. The van der Waals surface area contributed by atoms with Crippen molar-refractivity contribution in [2.75, 3.05) is 6.54 Å². The summed E-state index contributed by atoms with van der Waals surface area (Å²) in [6, 6.07) is 4.31. The lowest BCUT2D eigenvalue weighted by molar-refractivity contribution is -0.138. The van der Waals surface area contributed by atoms with E-state index in [0.717, 1.165) is 0 Å². The number of aromatic hydroxyl groups is 1. The molecule has 1 aromatic carbocycles. The Morgan fingerprint density at radius 3 is 2.44 bits per heavy atom. The van der Waals surface area contributed by atoms with Crippen LogP contribution in [0.4, 0.5) is 0 Å². The Morgan fingerprint density at radius 2 is 2.00 bits per heavy atom. The van der Waals surface area contributed by atoms with Gasteiger partial charge in [0.2, 0.25) is 0 Å². The molecule has 0 saturated heterocycles. The second-order valence-electron chi connectivity index (χ2n) is 4.09. The third-order valence-electron chi connectivity index (χ3n) is 2.38. The summed E-state index contributed by atoms with van der Waals surface area (Å²) >= 11 is 1.95. The van der Waals surface area contributed by atoms with Crippen molar-refractivity contribution < 1.29 is 19.8 Å². The fraction of sp³-hybridized carbons (Fsp3) is 0.333. The summed E-state index contributed by atoms with van der Waals surface area (Å²) in [5.41, 5.74) is 0.280. The number of halogens is 1. The quantitative estimate of drug-likeness (QED) is 0.802. The molecular formula is C12H14INO4. The van der Waals surface area contributed by atoms with Crippen molar-refractivity contribution in [2.45, 2.75) is 19.9 Å². The Hall–Kier alpha value is -1.31. The molecule has 0 spiro atoms. The summed E-state index contributed by atoms with van der Waals surface area (Å²) in [5.74, 6) is -1.45. The van der Waals surface area contributed by atoms with Crippen molar-refractivity contribution in [3.8, 4) is 5.75 Å². The lowest BCUT2D eigenvalue weighted by Crippen LogP contribution is -2.40. The number of phenolic OH excluding ortho intramolecular Hbond substituents is 1. The number of hydrogen-bond acceptors (Lipinski definition) is 3. The van der Waals surface area contributed by atoms with Gasteiger partial charge in [-0.05, 0) is 54.6 Å². The molecule has 0 aliphatic carbocycles. The topological polar surface area (TPSA) is 77.8 Å². The highest BCUT2D eigenvalue weighted by molar-refractivity contribution is 14.1. The van der Waals surface area contributed by atoms with Gasteiger partial charge >= 0.3 is 5.97 Å². The molecule has 6 heteroatoms. The number of phenols is 1. The van der Waals surface area contributed by atoms with Crippen LogP contribution in [-0.2, 0) is 4.79 Å². The van der Waals surface area contributed by atoms with Gasteiger partial charge in [-0.25, -0.2) is 0 Å². The van der Waals surface area contributed by atoms with E-state index in [4.69, 9.17) is 5.11 Å². The number of carboxylic acids is 1. The van der Waals surface area contributed by atoms with Gasteiger partial charge in [-0.1, -0.05) is 0 Å². The number of amides is 1. The Bertz CT molecular complexity index is 473. The standard InChI is InChI=1S/C12H14INO4/c1-7(2)14(6-11(16)17)12(18)8-3-4-9(13)10(15)5-8/h3-5,7,15H,6H2,1-2H3,(H,16,17). The van der Waals surface area contributed by atoms with Gasteiger partial charge in [0, 0.05) is 11.6 Å². The fourth-order valence-electron chi connectivity index (χ4n) is 1.45. The Kier molecular flexibility index (Phi) is 4.94. The van der Waals surface area contributed by atoms with E-state index in [0.29, 0.717) is 3.57 Å². The third kappa shape index (κ3) is 3.59. The van der Waals surface area contributed by atoms with Gasteiger partial charge < -0.3 is 15.1 Å². The maximum absolute atomic E-state index is 12.1. The minimum Gasteiger partial charge on any atom is -0.507 e. The summed E-state index contributed by atoms with van der Waals surface area (Å²) in [5, 5.41) is 18.3. The van der Waals surface area contributed by atoms with Crippen LogP contribution in [0.3, 0.4) is 0 Å². The van der Waals surface area contributed by atoms with Gasteiger partial charge in [-0.15, -0.1) is 0 Å². The number of carbonyl (C=O) groups excluding carboxylic acids is 1. The van der Waals surface area contributed by atoms with Gasteiger partial charge in [0.1, 0.15) is 12.3 Å². The van der Waals surface area contributed by atoms with Crippen LogP contribution in [0.2, 0.25) is 0 Å². The molecule has 0 aliphatic rings. The van der Waals surface area contributed by atoms with Crippen LogP contribution in [0.1, 0.15) is 24.2 Å². The van der Waals surface area contributed by atoms with E-state index < -0.39 is 11.9 Å². The summed E-state index contributed by atoms with van der Waals surface area (Å²) < 4.78 is 0.637. The number of hydrogen-bond donors (Lipinski definition) is 2. The van der Waals surface area contributed by atoms with Crippen LogP contribution < -0.4 is 0 Å². The van der Waals surface area contributed by atoms with Crippen LogP contribution in [-0.4, -0.2) is 39.6 Å². The van der Waals surface area contributed by atoms with E-state index in [1.165, 1.54) is 11.0 Å². The first-order valence-corrected chi connectivity index (χ1v) is 6.42. The normalized spacial score (nSPS) is 10.4. The van der Waals surface area contributed by atoms with E-state index in [9.17, 15) is 14.7 Å². The number of nitrogens with zero attached hydrogens (tertiary/aromatic N) is 1. The smallest absolute Gasteiger partial charge is 0.323 e. The number of benzene rings is 1. The van der Waals surface area contributed by atoms with E-state index in [2.05, 4.69) is 0 Å². The van der Waals surface area contributed by atoms with Gasteiger partial charge in [-0.3, -0.25) is 9.59 Å². The molecular weight excluding hydrogens is 349 g/mol. The average molecular weight is 363 g/mol. The lowest BCUT2D eigenvalue weighted by atomic mass is 10.1. The van der Waals surface area contributed by atoms with Crippen LogP contribution >= 0.6 is 22.6 Å². The van der Waals surface area contributed by atoms with Gasteiger partial charge in [0.25, 0.3) is 5.91 Å². The molecule has 0 aliphatic heterocycles. The average Bonchev–Trinajstić information content (AvgIpc) is 2.28. The second-order valence-corrected chi connectivity index (χ2v) is 5.25. The van der Waals surface area contributed by atoms with Crippen molar-refractivity contribution in [1.82, 2.24) is 4.90 Å². The molecule has 0 atom stereocenters. The van der Waals surface area contributed by atoms with E-state index >= 15 is 0 Å².